The molecule has 0 amide bonds. The van der Waals surface area contributed by atoms with Crippen molar-refractivity contribution in [2.75, 3.05) is 7.11 Å². The van der Waals surface area contributed by atoms with Crippen molar-refractivity contribution >= 4 is 68.6 Å². The summed E-state index contributed by atoms with van der Waals surface area (Å²) >= 11 is 5.48. The first-order valence-electron chi connectivity index (χ1n) is 9.71. The number of carbonyl (C=O) groups excluding carboxylic acids is 1. The second-order valence-electron chi connectivity index (χ2n) is 7.02. The van der Waals surface area contributed by atoms with E-state index in [4.69, 9.17) is 4.74 Å². The van der Waals surface area contributed by atoms with Gasteiger partial charge in [0.2, 0.25) is 0 Å². The van der Waals surface area contributed by atoms with E-state index >= 15 is 0 Å². The summed E-state index contributed by atoms with van der Waals surface area (Å²) in [4.78, 5) is 31.5. The molecular weight excluding hydrogens is 654 g/mol. The third-order valence-corrected chi connectivity index (χ3v) is 7.54. The SMILES string of the molecule is CCC1=C(C(=O)OC)[C@@H](c2ccccc2)n2c(s/c(=C\c3cc(I)cc(I)c3O)c2=O)=N1. The van der Waals surface area contributed by atoms with Crippen LogP contribution < -0.4 is 14.9 Å². The van der Waals surface area contributed by atoms with Crippen molar-refractivity contribution in [2.45, 2.75) is 19.4 Å². The predicted molar refractivity (Wildman–Crippen MR) is 140 cm³/mol. The maximum absolute atomic E-state index is 13.6. The van der Waals surface area contributed by atoms with Crippen LogP contribution >= 0.6 is 56.5 Å². The fraction of sp³-hybridized carbons (Fsp3) is 0.174. The van der Waals surface area contributed by atoms with E-state index in [9.17, 15) is 14.7 Å². The van der Waals surface area contributed by atoms with Crippen molar-refractivity contribution in [3.05, 3.63) is 91.7 Å². The van der Waals surface area contributed by atoms with E-state index in [0.29, 0.717) is 36.2 Å². The van der Waals surface area contributed by atoms with Gasteiger partial charge in [-0.1, -0.05) is 48.6 Å². The Balaban J connectivity index is 2.03. The third-order valence-electron chi connectivity index (χ3n) is 5.11. The number of thiazole rings is 1. The number of allylic oxidation sites excluding steroid dienone is 1. The monoisotopic (exact) mass is 672 g/mol. The Morgan fingerprint density at radius 2 is 2.00 bits per heavy atom. The average molecular weight is 672 g/mol. The number of esters is 1. The van der Waals surface area contributed by atoms with Gasteiger partial charge in [-0.25, -0.2) is 9.79 Å². The lowest BCUT2D eigenvalue weighted by Crippen LogP contribution is -2.40. The van der Waals surface area contributed by atoms with Crippen molar-refractivity contribution in [2.24, 2.45) is 4.99 Å². The number of hydrogen-bond donors (Lipinski definition) is 1. The van der Waals surface area contributed by atoms with Crippen LogP contribution in [0.5, 0.6) is 5.75 Å². The predicted octanol–water partition coefficient (Wildman–Crippen LogP) is 3.71. The Labute approximate surface area is 215 Å². The maximum atomic E-state index is 13.6. The number of phenols is 1. The second-order valence-corrected chi connectivity index (χ2v) is 10.4. The smallest absolute Gasteiger partial charge is 0.338 e. The first-order valence-corrected chi connectivity index (χ1v) is 12.7. The van der Waals surface area contributed by atoms with Crippen molar-refractivity contribution < 1.29 is 14.6 Å². The third kappa shape index (κ3) is 4.17. The first kappa shape index (κ1) is 23.2. The van der Waals surface area contributed by atoms with Crippen molar-refractivity contribution in [3.8, 4) is 5.75 Å². The van der Waals surface area contributed by atoms with Gasteiger partial charge in [0.1, 0.15) is 5.75 Å². The molecule has 32 heavy (non-hydrogen) atoms. The number of halogens is 2. The highest BCUT2D eigenvalue weighted by Crippen LogP contribution is 2.32. The Morgan fingerprint density at radius 1 is 1.28 bits per heavy atom. The van der Waals surface area contributed by atoms with Crippen LogP contribution in [0.3, 0.4) is 0 Å². The quantitative estimate of drug-likeness (QED) is 0.339. The van der Waals surface area contributed by atoms with Crippen molar-refractivity contribution in [1.82, 2.24) is 4.57 Å². The van der Waals surface area contributed by atoms with E-state index in [0.717, 1.165) is 9.13 Å². The molecule has 1 aliphatic heterocycles. The van der Waals surface area contributed by atoms with Gasteiger partial charge in [-0.2, -0.15) is 0 Å². The minimum atomic E-state index is -0.637. The summed E-state index contributed by atoms with van der Waals surface area (Å²) in [6, 6.07) is 12.4. The van der Waals surface area contributed by atoms with Gasteiger partial charge in [0.25, 0.3) is 5.56 Å². The normalized spacial score (nSPS) is 16.0. The molecule has 1 atom stereocenters. The summed E-state index contributed by atoms with van der Waals surface area (Å²) in [5.74, 6) is -0.375. The lowest BCUT2D eigenvalue weighted by atomic mass is 9.95. The van der Waals surface area contributed by atoms with Gasteiger partial charge in [0.05, 0.1) is 32.5 Å². The lowest BCUT2D eigenvalue weighted by Gasteiger charge is -2.25. The van der Waals surface area contributed by atoms with Crippen molar-refractivity contribution in [1.29, 1.82) is 0 Å². The van der Waals surface area contributed by atoms with Crippen LogP contribution in [0.2, 0.25) is 0 Å². The molecule has 0 saturated carbocycles. The Hall–Kier alpha value is -1.99. The molecule has 1 N–H and O–H groups in total. The summed E-state index contributed by atoms with van der Waals surface area (Å²) in [7, 11) is 1.33. The van der Waals surface area contributed by atoms with E-state index < -0.39 is 12.0 Å². The number of aromatic nitrogens is 1. The number of hydrogen-bond acceptors (Lipinski definition) is 6. The van der Waals surface area contributed by atoms with Gasteiger partial charge >= 0.3 is 5.97 Å². The van der Waals surface area contributed by atoms with Crippen LogP contribution in [0.4, 0.5) is 0 Å². The molecule has 4 rings (SSSR count). The number of fused-ring (bicyclic) bond motifs is 1. The molecule has 0 unspecified atom stereocenters. The molecule has 3 aromatic rings. The number of aromatic hydroxyl groups is 1. The summed E-state index contributed by atoms with van der Waals surface area (Å²) in [6.45, 7) is 1.92. The fourth-order valence-corrected chi connectivity index (χ4v) is 6.55. The minimum Gasteiger partial charge on any atom is -0.506 e. The Morgan fingerprint density at radius 3 is 2.66 bits per heavy atom. The topological polar surface area (TPSA) is 80.9 Å². The molecule has 1 aromatic heterocycles. The molecule has 0 aliphatic carbocycles. The molecule has 1 aliphatic rings. The highest BCUT2D eigenvalue weighted by Gasteiger charge is 2.33. The molecule has 6 nitrogen and oxygen atoms in total. The highest BCUT2D eigenvalue weighted by atomic mass is 127. The number of methoxy groups -OCH3 is 1. The van der Waals surface area contributed by atoms with E-state index in [2.05, 4.69) is 50.2 Å². The average Bonchev–Trinajstić information content (AvgIpc) is 3.10. The molecule has 0 spiro atoms. The van der Waals surface area contributed by atoms with Crippen LogP contribution in [0.25, 0.3) is 6.08 Å². The minimum absolute atomic E-state index is 0.126. The van der Waals surface area contributed by atoms with Crippen LogP contribution in [0.1, 0.15) is 30.5 Å². The molecule has 164 valence electrons. The fourth-order valence-electron chi connectivity index (χ4n) is 3.65. The number of rotatable bonds is 4. The largest absolute Gasteiger partial charge is 0.506 e. The van der Waals surface area contributed by atoms with Crippen LogP contribution in [-0.4, -0.2) is 22.8 Å². The Kier molecular flexibility index (Phi) is 6.86. The molecule has 2 heterocycles. The molecule has 0 saturated heterocycles. The van der Waals surface area contributed by atoms with Crippen LogP contribution in [0.15, 0.2) is 63.5 Å². The van der Waals surface area contributed by atoms with Gasteiger partial charge in [-0.3, -0.25) is 9.36 Å². The highest BCUT2D eigenvalue weighted by molar-refractivity contribution is 14.1. The maximum Gasteiger partial charge on any atom is 0.338 e. The molecule has 0 radical (unpaired) electrons. The van der Waals surface area contributed by atoms with Gasteiger partial charge in [0, 0.05) is 9.13 Å². The van der Waals surface area contributed by atoms with E-state index in [1.807, 2.05) is 49.4 Å². The number of ether oxygens (including phenoxy) is 1. The van der Waals surface area contributed by atoms with Crippen LogP contribution in [0, 0.1) is 7.14 Å². The Bertz CT molecular complexity index is 1420. The van der Waals surface area contributed by atoms with E-state index in [1.54, 1.807) is 10.6 Å². The van der Waals surface area contributed by atoms with Gasteiger partial charge < -0.3 is 9.84 Å². The number of carbonyl (C=O) groups is 1. The number of nitrogens with zero attached hydrogens (tertiary/aromatic N) is 2. The second kappa shape index (κ2) is 9.48. The summed E-state index contributed by atoms with van der Waals surface area (Å²) in [6.07, 6.45) is 2.20. The zero-order valence-corrected chi connectivity index (χ0v) is 22.3. The van der Waals surface area contributed by atoms with Crippen LogP contribution in [-0.2, 0) is 9.53 Å². The van der Waals surface area contributed by atoms with E-state index in [-0.39, 0.29) is 11.3 Å². The number of phenolic OH excluding ortho intramolecular Hbond substituents is 1. The molecule has 9 heteroatoms. The molecular formula is C23H18I2N2O4S. The zero-order valence-electron chi connectivity index (χ0n) is 17.1. The molecule has 0 bridgehead atoms. The summed E-state index contributed by atoms with van der Waals surface area (Å²) in [5.41, 5.74) is 2.06. The summed E-state index contributed by atoms with van der Waals surface area (Å²) in [5, 5.41) is 10.5. The number of benzene rings is 2. The lowest BCUT2D eigenvalue weighted by molar-refractivity contribution is -0.136. The van der Waals surface area contributed by atoms with Crippen molar-refractivity contribution in [3.63, 3.8) is 0 Å². The zero-order chi connectivity index (χ0) is 23.0. The molecule has 2 aromatic carbocycles. The standard InChI is InChI=1S/C23H18I2N2O4S/c1-3-16-18(22(30)31-2)19(12-7-5-4-6-8-12)27-21(29)17(32-23(27)26-16)10-13-9-14(24)11-15(25)20(13)28/h4-11,19,28H,3H2,1-2H3/b17-10-/t19-/m1/s1. The molecule has 0 fully saturated rings. The van der Waals surface area contributed by atoms with E-state index in [1.165, 1.54) is 18.4 Å². The van der Waals surface area contributed by atoms with Gasteiger partial charge in [-0.15, -0.1) is 0 Å². The summed E-state index contributed by atoms with van der Waals surface area (Å²) < 4.78 is 8.70. The first-order chi connectivity index (χ1) is 15.3. The van der Waals surface area contributed by atoms with Gasteiger partial charge in [0.15, 0.2) is 4.80 Å². The van der Waals surface area contributed by atoms with Gasteiger partial charge in [-0.05, 0) is 75.4 Å².